The van der Waals surface area contributed by atoms with Crippen molar-refractivity contribution in [3.8, 4) is 101 Å². The summed E-state index contributed by atoms with van der Waals surface area (Å²) in [6, 6.07) is 83.2. The maximum Gasteiger partial charge on any atom is 0.159 e. The van der Waals surface area contributed by atoms with Crippen LogP contribution in [0.1, 0.15) is 0 Å². The van der Waals surface area contributed by atoms with E-state index in [1.54, 1.807) is 0 Å². The smallest absolute Gasteiger partial charge is 0.159 e. The quantitative estimate of drug-likeness (QED) is 0.143. The molecule has 0 bridgehead atoms. The Kier molecular flexibility index (Phi) is 9.68. The third-order valence-corrected chi connectivity index (χ3v) is 16.0. The van der Waals surface area contributed by atoms with E-state index in [1.807, 2.05) is 0 Å². The minimum absolute atomic E-state index is 0.768. The predicted molar refractivity (Wildman–Crippen MR) is 268 cm³/mol. The lowest BCUT2D eigenvalue weighted by molar-refractivity contribution is 1.21. The molecule has 1 aromatic heterocycles. The average molecular weight is 821 g/mol. The molecule has 1 aliphatic rings. The van der Waals surface area contributed by atoms with Crippen LogP contribution in [0.3, 0.4) is 0 Å². The van der Waals surface area contributed by atoms with Gasteiger partial charge >= 0.3 is 0 Å². The molecule has 0 saturated heterocycles. The largest absolute Gasteiger partial charge is 0.237 e. The molecule has 2 nitrogen and oxygen atoms in total. The topological polar surface area (TPSA) is 25.8 Å². The van der Waals surface area contributed by atoms with E-state index in [9.17, 15) is 0 Å². The summed E-state index contributed by atoms with van der Waals surface area (Å²) in [4.78, 5) is 10.9. The molecule has 0 amide bonds. The van der Waals surface area contributed by atoms with Gasteiger partial charge in [0.2, 0.25) is 0 Å². The number of rotatable bonds is 8. The van der Waals surface area contributed by atoms with E-state index in [0.29, 0.717) is 0 Å². The third kappa shape index (κ3) is 7.23. The fourth-order valence-electron chi connectivity index (χ4n) is 9.32. The molecule has 0 radical (unpaired) electrons. The third-order valence-electron chi connectivity index (χ3n) is 12.6. The van der Waals surface area contributed by atoms with Crippen LogP contribution in [0.15, 0.2) is 231 Å². The molecule has 0 saturated carbocycles. The number of aromatic nitrogens is 2. The van der Waals surface area contributed by atoms with Gasteiger partial charge in [-0.2, -0.15) is 0 Å². The highest BCUT2D eigenvalue weighted by Crippen LogP contribution is 2.39. The van der Waals surface area contributed by atoms with Crippen molar-refractivity contribution >= 4 is 18.6 Å². The van der Waals surface area contributed by atoms with Crippen molar-refractivity contribution in [2.24, 2.45) is 0 Å². The molecule has 11 rings (SSSR count). The van der Waals surface area contributed by atoms with Gasteiger partial charge < -0.3 is 0 Å². The second-order valence-electron chi connectivity index (χ2n) is 17.0. The van der Waals surface area contributed by atoms with Crippen LogP contribution in [0.25, 0.3) is 101 Å². The van der Waals surface area contributed by atoms with Gasteiger partial charge in [0.15, 0.2) is 5.82 Å². The summed E-state index contributed by atoms with van der Waals surface area (Å²) in [5.41, 5.74) is 19.8. The van der Waals surface area contributed by atoms with Gasteiger partial charge in [-0.25, -0.2) is 9.97 Å². The molecule has 3 heteroatoms. The lowest BCUT2D eigenvalue weighted by Crippen LogP contribution is -2.50. The first-order chi connectivity index (χ1) is 31.0. The Bertz CT molecular complexity index is 3230. The van der Waals surface area contributed by atoms with E-state index in [4.69, 9.17) is 9.97 Å². The van der Waals surface area contributed by atoms with Crippen LogP contribution >= 0.6 is 0 Å². The van der Waals surface area contributed by atoms with E-state index in [-0.39, 0.29) is 0 Å². The molecule has 298 valence electrons. The molecule has 63 heavy (non-hydrogen) atoms. The van der Waals surface area contributed by atoms with Gasteiger partial charge in [-0.05, 0) is 114 Å². The van der Waals surface area contributed by atoms with Crippen LogP contribution in [0.5, 0.6) is 0 Å². The Morgan fingerprint density at radius 3 is 1.17 bits per heavy atom. The van der Waals surface area contributed by atoms with Gasteiger partial charge in [-0.15, -0.1) is 0 Å². The first kappa shape index (κ1) is 38.2. The minimum atomic E-state index is -2.12. The zero-order valence-corrected chi connectivity index (χ0v) is 36.3. The number of nitrogens with zero attached hydrogens (tertiary/aromatic N) is 2. The summed E-state index contributed by atoms with van der Waals surface area (Å²) < 4.78 is 0. The van der Waals surface area contributed by atoms with Crippen LogP contribution in [0.2, 0.25) is 13.1 Å². The molecule has 0 aliphatic carbocycles. The first-order valence-corrected chi connectivity index (χ1v) is 24.7. The summed E-state index contributed by atoms with van der Waals surface area (Å²) in [5.74, 6) is 0.768. The van der Waals surface area contributed by atoms with Crippen LogP contribution in [0.4, 0.5) is 0 Å². The first-order valence-electron chi connectivity index (χ1n) is 21.7. The normalized spacial score (nSPS) is 12.4. The SMILES string of the molecule is C[Si]1(C)c2ccccc2-c2c(-c3cccc(-c4ccccc4)c3)nc(-c3cccc(-c4ccc(-c5cccc(-c6cc(-c7ccccc7)cc(-c7ccccc7)c6)c5)cc4)c3)nc21. The van der Waals surface area contributed by atoms with E-state index in [0.717, 1.165) is 33.8 Å². The Labute approximate surface area is 370 Å². The Hall–Kier alpha value is -7.72. The highest BCUT2D eigenvalue weighted by molar-refractivity contribution is 7.03. The standard InChI is InChI=1S/C60H44N2Si/c1-63(2)56-30-13-12-29-55(56)57-58(50-27-15-24-47(36-50)41-17-6-3-7-18-41)61-59(62-60(57)63)51-28-16-25-48(37-51)45-33-31-44(32-34-45)46-23-14-26-49(35-46)54-39-52(42-19-8-4-9-20-42)38-53(40-54)43-21-10-5-11-22-43/h3-40H,1-2H3. The minimum Gasteiger partial charge on any atom is -0.237 e. The van der Waals surface area contributed by atoms with Crippen molar-refractivity contribution < 1.29 is 0 Å². The van der Waals surface area contributed by atoms with Crippen molar-refractivity contribution in [3.63, 3.8) is 0 Å². The van der Waals surface area contributed by atoms with E-state index >= 15 is 0 Å². The van der Waals surface area contributed by atoms with Crippen LogP contribution in [0, 0.1) is 0 Å². The fraction of sp³-hybridized carbons (Fsp3) is 0.0333. The molecule has 10 aromatic rings. The second kappa shape index (κ2) is 16.0. The lowest BCUT2D eigenvalue weighted by atomic mass is 9.92. The molecule has 0 unspecified atom stereocenters. The van der Waals surface area contributed by atoms with Crippen LogP contribution in [-0.2, 0) is 0 Å². The number of fused-ring (bicyclic) bond motifs is 3. The summed E-state index contributed by atoms with van der Waals surface area (Å²) >= 11 is 0. The second-order valence-corrected chi connectivity index (χ2v) is 21.3. The predicted octanol–water partition coefficient (Wildman–Crippen LogP) is 14.6. The Balaban J connectivity index is 0.943. The molecule has 0 N–H and O–H groups in total. The maximum atomic E-state index is 5.48. The number of benzene rings is 9. The summed E-state index contributed by atoms with van der Waals surface area (Å²) in [6.07, 6.45) is 0. The van der Waals surface area contributed by atoms with Crippen molar-refractivity contribution in [1.29, 1.82) is 0 Å². The van der Waals surface area contributed by atoms with Crippen molar-refractivity contribution in [2.75, 3.05) is 0 Å². The Morgan fingerprint density at radius 2 is 0.635 bits per heavy atom. The molecule has 2 heterocycles. The van der Waals surface area contributed by atoms with Gasteiger partial charge in [0.25, 0.3) is 0 Å². The van der Waals surface area contributed by atoms with Gasteiger partial charge in [0.05, 0.1) is 5.69 Å². The fourth-order valence-corrected chi connectivity index (χ4v) is 12.2. The van der Waals surface area contributed by atoms with E-state index < -0.39 is 8.07 Å². The number of hydrogen-bond acceptors (Lipinski definition) is 2. The number of hydrogen-bond donors (Lipinski definition) is 0. The van der Waals surface area contributed by atoms with Gasteiger partial charge in [0.1, 0.15) is 8.07 Å². The molecule has 1 aliphatic heterocycles. The average Bonchev–Trinajstić information content (AvgIpc) is 3.60. The lowest BCUT2D eigenvalue weighted by Gasteiger charge is -2.19. The monoisotopic (exact) mass is 820 g/mol. The van der Waals surface area contributed by atoms with Crippen LogP contribution < -0.4 is 10.5 Å². The summed E-state index contributed by atoms with van der Waals surface area (Å²) in [7, 11) is -2.12. The molecular formula is C60H44N2Si. The molecule has 0 atom stereocenters. The molecule has 0 fully saturated rings. The van der Waals surface area contributed by atoms with Crippen molar-refractivity contribution in [1.82, 2.24) is 9.97 Å². The highest BCUT2D eigenvalue weighted by Gasteiger charge is 2.41. The zero-order chi connectivity index (χ0) is 42.3. The van der Waals surface area contributed by atoms with Gasteiger partial charge in [0, 0.05) is 22.0 Å². The molecule has 9 aromatic carbocycles. The van der Waals surface area contributed by atoms with Gasteiger partial charge in [-0.3, -0.25) is 0 Å². The van der Waals surface area contributed by atoms with E-state index in [2.05, 4.69) is 244 Å². The van der Waals surface area contributed by atoms with E-state index in [1.165, 1.54) is 77.3 Å². The van der Waals surface area contributed by atoms with Crippen LogP contribution in [-0.4, -0.2) is 18.0 Å². The zero-order valence-electron chi connectivity index (χ0n) is 35.3. The summed E-state index contributed by atoms with van der Waals surface area (Å²) in [5, 5.41) is 2.62. The highest BCUT2D eigenvalue weighted by atomic mass is 28.3. The summed E-state index contributed by atoms with van der Waals surface area (Å²) in [6.45, 7) is 4.85. The van der Waals surface area contributed by atoms with Gasteiger partial charge in [-0.1, -0.05) is 207 Å². The van der Waals surface area contributed by atoms with Crippen molar-refractivity contribution in [2.45, 2.75) is 13.1 Å². The van der Waals surface area contributed by atoms with Crippen molar-refractivity contribution in [3.05, 3.63) is 231 Å². The molecule has 0 spiro atoms. The maximum absolute atomic E-state index is 5.48. The Morgan fingerprint density at radius 1 is 0.286 bits per heavy atom. The molecular weight excluding hydrogens is 777 g/mol.